The number of carbonyl (C=O) groups excluding carboxylic acids is 1. The summed E-state index contributed by atoms with van der Waals surface area (Å²) >= 11 is 6.02. The van der Waals surface area contributed by atoms with Crippen LogP contribution in [0.1, 0.15) is 11.3 Å². The number of benzene rings is 1. The lowest BCUT2D eigenvalue weighted by atomic mass is 10.2. The molecule has 0 aliphatic rings. The van der Waals surface area contributed by atoms with Gasteiger partial charge in [-0.25, -0.2) is 8.78 Å². The highest BCUT2D eigenvalue weighted by molar-refractivity contribution is 6.31. The smallest absolute Gasteiger partial charge is 0.248 e. The summed E-state index contributed by atoms with van der Waals surface area (Å²) in [5, 5.41) is 6.81. The predicted molar refractivity (Wildman–Crippen MR) is 77.0 cm³/mol. The van der Waals surface area contributed by atoms with Gasteiger partial charge in [-0.1, -0.05) is 11.6 Å². The van der Waals surface area contributed by atoms with E-state index in [4.69, 9.17) is 11.6 Å². The van der Waals surface area contributed by atoms with Crippen LogP contribution >= 0.6 is 11.6 Å². The molecule has 7 heteroatoms. The summed E-state index contributed by atoms with van der Waals surface area (Å²) in [4.78, 5) is 11.7. The van der Waals surface area contributed by atoms with Crippen LogP contribution in [0.15, 0.2) is 24.3 Å². The second-order valence-electron chi connectivity index (χ2n) is 4.36. The van der Waals surface area contributed by atoms with Crippen molar-refractivity contribution in [3.8, 4) is 0 Å². The predicted octanol–water partition coefficient (Wildman–Crippen LogP) is 3.31. The number of aryl methyl sites for hydroxylation is 2. The maximum Gasteiger partial charge on any atom is 0.248 e. The minimum atomic E-state index is -0.840. The summed E-state index contributed by atoms with van der Waals surface area (Å²) in [7, 11) is 1.68. The van der Waals surface area contributed by atoms with Crippen molar-refractivity contribution < 1.29 is 13.6 Å². The van der Waals surface area contributed by atoms with E-state index in [1.54, 1.807) is 14.0 Å². The van der Waals surface area contributed by atoms with Crippen LogP contribution in [-0.4, -0.2) is 15.7 Å². The molecule has 0 spiro atoms. The Bertz CT molecular complexity index is 725. The van der Waals surface area contributed by atoms with E-state index in [-0.39, 0.29) is 5.69 Å². The molecule has 1 heterocycles. The number of hydrogen-bond donors (Lipinski definition) is 1. The SMILES string of the molecule is Cc1nn(C)c(Cl)c1/C=C/C(=O)Nc1ccc(F)cc1F. The second kappa shape index (κ2) is 6.05. The zero-order chi connectivity index (χ0) is 15.6. The molecule has 0 aliphatic heterocycles. The van der Waals surface area contributed by atoms with Crippen LogP contribution in [-0.2, 0) is 11.8 Å². The van der Waals surface area contributed by atoms with Gasteiger partial charge in [0.1, 0.15) is 16.8 Å². The largest absolute Gasteiger partial charge is 0.320 e. The third-order valence-corrected chi connectivity index (χ3v) is 3.23. The monoisotopic (exact) mass is 311 g/mol. The molecule has 1 aromatic heterocycles. The Hall–Kier alpha value is -2.21. The van der Waals surface area contributed by atoms with E-state index in [0.717, 1.165) is 12.1 Å². The van der Waals surface area contributed by atoms with Gasteiger partial charge in [-0.2, -0.15) is 5.10 Å². The summed E-state index contributed by atoms with van der Waals surface area (Å²) in [5.41, 5.74) is 1.17. The highest BCUT2D eigenvalue weighted by Crippen LogP contribution is 2.20. The molecule has 0 fully saturated rings. The molecular formula is C14H12ClF2N3O. The van der Waals surface area contributed by atoms with Crippen molar-refractivity contribution in [2.75, 3.05) is 5.32 Å². The van der Waals surface area contributed by atoms with Crippen LogP contribution in [0.3, 0.4) is 0 Å². The van der Waals surface area contributed by atoms with Gasteiger partial charge in [-0.15, -0.1) is 0 Å². The summed E-state index contributed by atoms with van der Waals surface area (Å²) in [6.07, 6.45) is 2.69. The molecule has 4 nitrogen and oxygen atoms in total. The first-order valence-electron chi connectivity index (χ1n) is 6.01. The van der Waals surface area contributed by atoms with Crippen molar-refractivity contribution in [2.24, 2.45) is 7.05 Å². The van der Waals surface area contributed by atoms with Gasteiger partial charge in [0.05, 0.1) is 11.4 Å². The van der Waals surface area contributed by atoms with E-state index in [9.17, 15) is 13.6 Å². The number of rotatable bonds is 3. The lowest BCUT2D eigenvalue weighted by Crippen LogP contribution is -2.09. The number of amides is 1. The van der Waals surface area contributed by atoms with Crippen molar-refractivity contribution in [1.82, 2.24) is 9.78 Å². The number of hydrogen-bond acceptors (Lipinski definition) is 2. The van der Waals surface area contributed by atoms with E-state index in [1.165, 1.54) is 16.8 Å². The normalized spacial score (nSPS) is 11.1. The van der Waals surface area contributed by atoms with Crippen molar-refractivity contribution >= 4 is 29.3 Å². The molecule has 0 atom stereocenters. The Labute approximate surface area is 125 Å². The standard InChI is InChI=1S/C14H12ClF2N3O/c1-8-10(14(15)20(2)19-8)4-6-13(21)18-12-5-3-9(16)7-11(12)17/h3-7H,1-2H3,(H,18,21)/b6-4+. The molecule has 0 saturated heterocycles. The number of anilines is 1. The number of nitrogens with zero attached hydrogens (tertiary/aromatic N) is 2. The Morgan fingerprint density at radius 3 is 2.71 bits per heavy atom. The third kappa shape index (κ3) is 3.46. The third-order valence-electron chi connectivity index (χ3n) is 2.79. The number of carbonyl (C=O) groups is 1. The minimum Gasteiger partial charge on any atom is -0.320 e. The van der Waals surface area contributed by atoms with E-state index in [2.05, 4.69) is 10.4 Å². The van der Waals surface area contributed by atoms with Gasteiger partial charge in [-0.05, 0) is 25.1 Å². The fourth-order valence-corrected chi connectivity index (χ4v) is 2.00. The molecule has 0 aliphatic carbocycles. The first kappa shape index (κ1) is 15.2. The fourth-order valence-electron chi connectivity index (χ4n) is 1.76. The molecule has 0 radical (unpaired) electrons. The van der Waals surface area contributed by atoms with Gasteiger partial charge in [-0.3, -0.25) is 9.48 Å². The quantitative estimate of drug-likeness (QED) is 0.884. The van der Waals surface area contributed by atoms with Crippen LogP contribution in [0.2, 0.25) is 5.15 Å². The molecule has 0 saturated carbocycles. The second-order valence-corrected chi connectivity index (χ2v) is 4.72. The van der Waals surface area contributed by atoms with E-state index in [1.807, 2.05) is 0 Å². The minimum absolute atomic E-state index is 0.0972. The highest BCUT2D eigenvalue weighted by Gasteiger charge is 2.09. The Kier molecular flexibility index (Phi) is 4.37. The fraction of sp³-hybridized carbons (Fsp3) is 0.143. The number of nitrogens with one attached hydrogen (secondary N) is 1. The van der Waals surface area contributed by atoms with E-state index < -0.39 is 17.5 Å². The van der Waals surface area contributed by atoms with Crippen LogP contribution in [0.4, 0.5) is 14.5 Å². The van der Waals surface area contributed by atoms with Crippen LogP contribution in [0.5, 0.6) is 0 Å². The van der Waals surface area contributed by atoms with Gasteiger partial charge < -0.3 is 5.32 Å². The summed E-state index contributed by atoms with van der Waals surface area (Å²) < 4.78 is 27.6. The van der Waals surface area contributed by atoms with Gasteiger partial charge in [0.15, 0.2) is 0 Å². The average Bonchev–Trinajstić information content (AvgIpc) is 2.65. The summed E-state index contributed by atoms with van der Waals surface area (Å²) in [6.45, 7) is 1.75. The van der Waals surface area contributed by atoms with Crippen molar-refractivity contribution in [2.45, 2.75) is 6.92 Å². The van der Waals surface area contributed by atoms with Gasteiger partial charge in [0.2, 0.25) is 5.91 Å². The summed E-state index contributed by atoms with van der Waals surface area (Å²) in [6, 6.07) is 2.91. The van der Waals surface area contributed by atoms with Gasteiger partial charge in [0, 0.05) is 24.8 Å². The van der Waals surface area contributed by atoms with Gasteiger partial charge >= 0.3 is 0 Å². The zero-order valence-electron chi connectivity index (χ0n) is 11.3. The molecule has 1 aromatic carbocycles. The van der Waals surface area contributed by atoms with E-state index >= 15 is 0 Å². The van der Waals surface area contributed by atoms with E-state index in [0.29, 0.717) is 22.5 Å². The maximum atomic E-state index is 13.4. The average molecular weight is 312 g/mol. The zero-order valence-corrected chi connectivity index (χ0v) is 12.1. The van der Waals surface area contributed by atoms with Crippen LogP contribution in [0.25, 0.3) is 6.08 Å². The molecule has 0 bridgehead atoms. The Balaban J connectivity index is 2.13. The van der Waals surface area contributed by atoms with Crippen molar-refractivity contribution in [3.05, 3.63) is 52.3 Å². The number of aromatic nitrogens is 2. The van der Waals surface area contributed by atoms with Crippen LogP contribution in [0, 0.1) is 18.6 Å². The lowest BCUT2D eigenvalue weighted by molar-refractivity contribution is -0.111. The number of halogens is 3. The molecule has 0 unspecified atom stereocenters. The Morgan fingerprint density at radius 2 is 2.14 bits per heavy atom. The first-order valence-corrected chi connectivity index (χ1v) is 6.39. The molecule has 1 N–H and O–H groups in total. The van der Waals surface area contributed by atoms with Crippen molar-refractivity contribution in [3.63, 3.8) is 0 Å². The molecule has 2 aromatic rings. The first-order chi connectivity index (χ1) is 9.88. The van der Waals surface area contributed by atoms with Crippen molar-refractivity contribution in [1.29, 1.82) is 0 Å². The van der Waals surface area contributed by atoms with Gasteiger partial charge in [0.25, 0.3) is 0 Å². The summed E-state index contributed by atoms with van der Waals surface area (Å²) in [5.74, 6) is -2.11. The van der Waals surface area contributed by atoms with Crippen LogP contribution < -0.4 is 5.32 Å². The molecular weight excluding hydrogens is 300 g/mol. The highest BCUT2D eigenvalue weighted by atomic mass is 35.5. The molecule has 110 valence electrons. The topological polar surface area (TPSA) is 46.9 Å². The molecule has 2 rings (SSSR count). The molecule has 1 amide bonds. The Morgan fingerprint density at radius 1 is 1.43 bits per heavy atom. The maximum absolute atomic E-state index is 13.4. The molecule has 21 heavy (non-hydrogen) atoms. The lowest BCUT2D eigenvalue weighted by Gasteiger charge is -2.03.